The molecular formula is C7H13N3O2S. The Kier molecular flexibility index (Phi) is 2.35. The van der Waals surface area contributed by atoms with Gasteiger partial charge in [-0.15, -0.1) is 0 Å². The van der Waals surface area contributed by atoms with E-state index in [0.29, 0.717) is 6.54 Å². The van der Waals surface area contributed by atoms with Gasteiger partial charge in [-0.3, -0.25) is 5.32 Å². The molecule has 1 amide bonds. The lowest BCUT2D eigenvalue weighted by atomic mass is 10.1. The molecule has 1 atom stereocenters. The van der Waals surface area contributed by atoms with Crippen LogP contribution in [0.3, 0.4) is 0 Å². The van der Waals surface area contributed by atoms with E-state index >= 15 is 0 Å². The third-order valence-electron chi connectivity index (χ3n) is 2.39. The van der Waals surface area contributed by atoms with Crippen molar-refractivity contribution in [1.29, 1.82) is 0 Å². The Bertz CT molecular complexity index is 218. The van der Waals surface area contributed by atoms with Gasteiger partial charge < -0.3 is 10.4 Å². The summed E-state index contributed by atoms with van der Waals surface area (Å²) >= 11 is 1.41. The van der Waals surface area contributed by atoms with Crippen LogP contribution in [0.25, 0.3) is 0 Å². The number of carbonyl (C=O) groups is 1. The highest BCUT2D eigenvalue weighted by Gasteiger charge is 2.40. The number of hydrogen-bond donors (Lipinski definition) is 3. The molecule has 1 unspecified atom stereocenters. The SMILES string of the molecule is O=C(O)N1CCCC2(CNCN2)S1. The average Bonchev–Trinajstić information content (AvgIpc) is 2.53. The molecule has 74 valence electrons. The molecule has 2 aliphatic heterocycles. The number of amides is 1. The van der Waals surface area contributed by atoms with Crippen molar-refractivity contribution in [2.24, 2.45) is 0 Å². The van der Waals surface area contributed by atoms with E-state index in [-0.39, 0.29) is 4.87 Å². The maximum Gasteiger partial charge on any atom is 0.417 e. The largest absolute Gasteiger partial charge is 0.464 e. The molecule has 0 radical (unpaired) electrons. The van der Waals surface area contributed by atoms with Crippen molar-refractivity contribution in [3.8, 4) is 0 Å². The molecule has 0 aliphatic carbocycles. The lowest BCUT2D eigenvalue weighted by molar-refractivity contribution is 0.171. The third kappa shape index (κ3) is 1.74. The molecular weight excluding hydrogens is 190 g/mol. The topological polar surface area (TPSA) is 64.6 Å². The molecule has 5 nitrogen and oxygen atoms in total. The molecule has 3 N–H and O–H groups in total. The summed E-state index contributed by atoms with van der Waals surface area (Å²) in [6, 6.07) is 0. The molecule has 13 heavy (non-hydrogen) atoms. The normalized spacial score (nSPS) is 34.0. The number of nitrogens with zero attached hydrogens (tertiary/aromatic N) is 1. The van der Waals surface area contributed by atoms with Crippen LogP contribution in [-0.2, 0) is 0 Å². The first-order chi connectivity index (χ1) is 6.22. The predicted octanol–water partition coefficient (Wildman–Crippen LogP) is 0.255. The molecule has 0 aromatic heterocycles. The van der Waals surface area contributed by atoms with Crippen LogP contribution in [0.5, 0.6) is 0 Å². The second-order valence-electron chi connectivity index (χ2n) is 3.35. The highest BCUT2D eigenvalue weighted by molar-refractivity contribution is 7.98. The standard InChI is InChI=1S/C7H13N3O2S/c11-6(12)10-3-1-2-7(13-10)4-8-5-9-7/h8-9H,1-5H2,(H,11,12). The van der Waals surface area contributed by atoms with E-state index in [1.165, 1.54) is 16.3 Å². The van der Waals surface area contributed by atoms with Crippen LogP contribution in [0.4, 0.5) is 4.79 Å². The summed E-state index contributed by atoms with van der Waals surface area (Å²) in [5.74, 6) is 0. The molecule has 0 bridgehead atoms. The maximum atomic E-state index is 10.8. The number of rotatable bonds is 0. The van der Waals surface area contributed by atoms with Gasteiger partial charge in [0.25, 0.3) is 0 Å². The van der Waals surface area contributed by atoms with Crippen LogP contribution in [0, 0.1) is 0 Å². The van der Waals surface area contributed by atoms with Gasteiger partial charge in [-0.25, -0.2) is 9.10 Å². The highest BCUT2D eigenvalue weighted by atomic mass is 32.2. The minimum absolute atomic E-state index is 0.0728. The van der Waals surface area contributed by atoms with Crippen molar-refractivity contribution in [1.82, 2.24) is 14.9 Å². The first-order valence-corrected chi connectivity index (χ1v) is 5.15. The molecule has 2 saturated heterocycles. The van der Waals surface area contributed by atoms with Crippen molar-refractivity contribution in [2.75, 3.05) is 19.8 Å². The fourth-order valence-electron chi connectivity index (χ4n) is 1.74. The molecule has 0 aromatic carbocycles. The second-order valence-corrected chi connectivity index (χ2v) is 4.76. The van der Waals surface area contributed by atoms with E-state index in [4.69, 9.17) is 5.11 Å². The molecule has 2 rings (SSSR count). The zero-order chi connectivity index (χ0) is 9.31. The van der Waals surface area contributed by atoms with E-state index in [0.717, 1.165) is 26.1 Å². The molecule has 2 aliphatic rings. The molecule has 2 fully saturated rings. The zero-order valence-corrected chi connectivity index (χ0v) is 8.06. The Labute approximate surface area is 81.0 Å². The van der Waals surface area contributed by atoms with E-state index in [1.807, 2.05) is 0 Å². The summed E-state index contributed by atoms with van der Waals surface area (Å²) < 4.78 is 1.42. The third-order valence-corrected chi connectivity index (χ3v) is 3.79. The Hall–Kier alpha value is -0.460. The van der Waals surface area contributed by atoms with Crippen molar-refractivity contribution in [3.63, 3.8) is 0 Å². The first-order valence-electron chi connectivity index (χ1n) is 4.37. The number of nitrogens with one attached hydrogen (secondary N) is 2. The van der Waals surface area contributed by atoms with Gasteiger partial charge in [-0.2, -0.15) is 0 Å². The van der Waals surface area contributed by atoms with Crippen molar-refractivity contribution >= 4 is 18.0 Å². The Morgan fingerprint density at radius 2 is 2.46 bits per heavy atom. The molecule has 0 saturated carbocycles. The molecule has 0 aromatic rings. The highest BCUT2D eigenvalue weighted by Crippen LogP contribution is 2.36. The van der Waals surface area contributed by atoms with Crippen molar-refractivity contribution in [2.45, 2.75) is 17.7 Å². The van der Waals surface area contributed by atoms with Gasteiger partial charge in [-0.1, -0.05) is 0 Å². The van der Waals surface area contributed by atoms with Gasteiger partial charge in [0, 0.05) is 19.8 Å². The fraction of sp³-hybridized carbons (Fsp3) is 0.857. The smallest absolute Gasteiger partial charge is 0.417 e. The van der Waals surface area contributed by atoms with Gasteiger partial charge in [0.2, 0.25) is 0 Å². The molecule has 1 spiro atoms. The van der Waals surface area contributed by atoms with Gasteiger partial charge >= 0.3 is 6.09 Å². The van der Waals surface area contributed by atoms with Crippen LogP contribution >= 0.6 is 11.9 Å². The number of hydrogen-bond acceptors (Lipinski definition) is 4. The monoisotopic (exact) mass is 203 g/mol. The van der Waals surface area contributed by atoms with Gasteiger partial charge in [0.15, 0.2) is 0 Å². The van der Waals surface area contributed by atoms with Crippen LogP contribution in [0.1, 0.15) is 12.8 Å². The Morgan fingerprint density at radius 1 is 1.62 bits per heavy atom. The summed E-state index contributed by atoms with van der Waals surface area (Å²) in [7, 11) is 0. The summed E-state index contributed by atoms with van der Waals surface area (Å²) in [5.41, 5.74) is 0. The van der Waals surface area contributed by atoms with Crippen LogP contribution in [0.2, 0.25) is 0 Å². The fourth-order valence-corrected chi connectivity index (χ4v) is 3.00. The summed E-state index contributed by atoms with van der Waals surface area (Å²) in [6.45, 7) is 2.27. The lowest BCUT2D eigenvalue weighted by Crippen LogP contribution is -2.47. The minimum atomic E-state index is -0.835. The molecule has 6 heteroatoms. The van der Waals surface area contributed by atoms with E-state index in [1.54, 1.807) is 0 Å². The van der Waals surface area contributed by atoms with Crippen LogP contribution in [0.15, 0.2) is 0 Å². The maximum absolute atomic E-state index is 10.8. The summed E-state index contributed by atoms with van der Waals surface area (Å²) in [6.07, 6.45) is 1.14. The predicted molar refractivity (Wildman–Crippen MR) is 50.3 cm³/mol. The second kappa shape index (κ2) is 3.36. The Morgan fingerprint density at radius 3 is 3.08 bits per heavy atom. The van der Waals surface area contributed by atoms with Gasteiger partial charge in [0.1, 0.15) is 0 Å². The first kappa shape index (κ1) is 9.11. The molecule has 2 heterocycles. The van der Waals surface area contributed by atoms with E-state index in [9.17, 15) is 4.79 Å². The van der Waals surface area contributed by atoms with Crippen molar-refractivity contribution in [3.05, 3.63) is 0 Å². The minimum Gasteiger partial charge on any atom is -0.464 e. The summed E-state index contributed by atoms with van der Waals surface area (Å²) in [5, 5.41) is 15.3. The van der Waals surface area contributed by atoms with Gasteiger partial charge in [0.05, 0.1) is 4.87 Å². The van der Waals surface area contributed by atoms with Crippen molar-refractivity contribution < 1.29 is 9.90 Å². The average molecular weight is 203 g/mol. The number of carboxylic acid groups (broad SMARTS) is 1. The van der Waals surface area contributed by atoms with Crippen LogP contribution < -0.4 is 10.6 Å². The quantitative estimate of drug-likeness (QED) is 0.493. The summed E-state index contributed by atoms with van der Waals surface area (Å²) in [4.78, 5) is 10.7. The van der Waals surface area contributed by atoms with E-state index in [2.05, 4.69) is 10.6 Å². The lowest BCUT2D eigenvalue weighted by Gasteiger charge is -2.37. The van der Waals surface area contributed by atoms with Gasteiger partial charge in [-0.05, 0) is 24.8 Å². The van der Waals surface area contributed by atoms with Crippen LogP contribution in [-0.4, -0.2) is 40.1 Å². The van der Waals surface area contributed by atoms with E-state index < -0.39 is 6.09 Å². The Balaban J connectivity index is 2.02. The zero-order valence-electron chi connectivity index (χ0n) is 7.25.